The number of carbonyl (C=O) groups is 1. The van der Waals surface area contributed by atoms with Gasteiger partial charge in [-0.15, -0.1) is 0 Å². The molecular weight excluding hydrogens is 426 g/mol. The molecule has 5 rings (SSSR count). The second kappa shape index (κ2) is 9.10. The van der Waals surface area contributed by atoms with E-state index in [-0.39, 0.29) is 11.9 Å². The number of amides is 1. The molecule has 1 aliphatic heterocycles. The lowest BCUT2D eigenvalue weighted by atomic mass is 10.1. The van der Waals surface area contributed by atoms with Crippen LogP contribution in [0.15, 0.2) is 54.7 Å². The summed E-state index contributed by atoms with van der Waals surface area (Å²) in [4.78, 5) is 21.8. The molecular formula is C27H25N5O2. The third-order valence-electron chi connectivity index (χ3n) is 5.98. The average Bonchev–Trinajstić information content (AvgIpc) is 3.45. The third-order valence-corrected chi connectivity index (χ3v) is 5.98. The van der Waals surface area contributed by atoms with Gasteiger partial charge in [0.1, 0.15) is 17.2 Å². The molecule has 170 valence electrons. The zero-order chi connectivity index (χ0) is 23.7. The molecule has 4 heterocycles. The number of nitrogens with zero attached hydrogens (tertiary/aromatic N) is 3. The predicted molar refractivity (Wildman–Crippen MR) is 131 cm³/mol. The fourth-order valence-corrected chi connectivity index (χ4v) is 4.00. The van der Waals surface area contributed by atoms with Gasteiger partial charge in [-0.05, 0) is 74.3 Å². The van der Waals surface area contributed by atoms with Crippen molar-refractivity contribution in [2.75, 3.05) is 12.4 Å². The van der Waals surface area contributed by atoms with E-state index in [2.05, 4.69) is 39.6 Å². The maximum atomic E-state index is 12.4. The van der Waals surface area contributed by atoms with Gasteiger partial charge < -0.3 is 15.4 Å². The molecule has 4 aromatic rings. The summed E-state index contributed by atoms with van der Waals surface area (Å²) in [6.45, 7) is 5.03. The lowest BCUT2D eigenvalue weighted by Gasteiger charge is -2.12. The van der Waals surface area contributed by atoms with E-state index in [1.807, 2.05) is 47.9 Å². The Morgan fingerprint density at radius 3 is 2.79 bits per heavy atom. The minimum Gasteiger partial charge on any atom is -0.372 e. The van der Waals surface area contributed by atoms with Gasteiger partial charge in [-0.25, -0.2) is 9.97 Å². The van der Waals surface area contributed by atoms with Crippen LogP contribution >= 0.6 is 0 Å². The van der Waals surface area contributed by atoms with Crippen molar-refractivity contribution in [3.63, 3.8) is 0 Å². The van der Waals surface area contributed by atoms with Crippen LogP contribution in [0, 0.1) is 18.8 Å². The molecule has 1 unspecified atom stereocenters. The van der Waals surface area contributed by atoms with Crippen molar-refractivity contribution >= 4 is 17.4 Å². The summed E-state index contributed by atoms with van der Waals surface area (Å²) in [6.07, 6.45) is 1.98. The first-order valence-corrected chi connectivity index (χ1v) is 11.2. The third kappa shape index (κ3) is 4.17. The summed E-state index contributed by atoms with van der Waals surface area (Å²) in [5.74, 6) is 6.79. The van der Waals surface area contributed by atoms with Crippen LogP contribution in [0.5, 0.6) is 0 Å². The average molecular weight is 452 g/mol. The SMILES string of the molecule is CNC(C)C(=O)Nc1ccc(-c2c(C)nc3ccccn23)c(C#Cc2ccc3c(c2)COC3)n1. The van der Waals surface area contributed by atoms with Gasteiger partial charge in [-0.1, -0.05) is 18.1 Å². The van der Waals surface area contributed by atoms with Gasteiger partial charge in [0.25, 0.3) is 0 Å². The van der Waals surface area contributed by atoms with Gasteiger partial charge in [0, 0.05) is 17.3 Å². The van der Waals surface area contributed by atoms with E-state index in [0.29, 0.717) is 24.7 Å². The Bertz CT molecular complexity index is 1460. The molecule has 3 aromatic heterocycles. The van der Waals surface area contributed by atoms with Crippen LogP contribution in [0.1, 0.15) is 35.0 Å². The molecule has 0 radical (unpaired) electrons. The van der Waals surface area contributed by atoms with E-state index < -0.39 is 0 Å². The number of anilines is 1. The smallest absolute Gasteiger partial charge is 0.242 e. The van der Waals surface area contributed by atoms with Gasteiger partial charge in [0.05, 0.1) is 30.6 Å². The fraction of sp³-hybridized carbons (Fsp3) is 0.222. The maximum Gasteiger partial charge on any atom is 0.242 e. The molecule has 7 nitrogen and oxygen atoms in total. The number of imidazole rings is 1. The van der Waals surface area contributed by atoms with Gasteiger partial charge in [0.2, 0.25) is 5.91 Å². The van der Waals surface area contributed by atoms with Crippen LogP contribution in [0.2, 0.25) is 0 Å². The Kier molecular flexibility index (Phi) is 5.84. The minimum absolute atomic E-state index is 0.161. The van der Waals surface area contributed by atoms with Crippen molar-refractivity contribution in [1.29, 1.82) is 0 Å². The van der Waals surface area contributed by atoms with Crippen molar-refractivity contribution < 1.29 is 9.53 Å². The van der Waals surface area contributed by atoms with E-state index in [1.54, 1.807) is 20.0 Å². The second-order valence-corrected chi connectivity index (χ2v) is 8.29. The maximum absolute atomic E-state index is 12.4. The topological polar surface area (TPSA) is 80.6 Å². The molecule has 1 atom stereocenters. The summed E-state index contributed by atoms with van der Waals surface area (Å²) < 4.78 is 7.55. The zero-order valence-corrected chi connectivity index (χ0v) is 19.3. The number of ether oxygens (including phenoxy) is 1. The highest BCUT2D eigenvalue weighted by molar-refractivity contribution is 5.94. The second-order valence-electron chi connectivity index (χ2n) is 8.29. The van der Waals surface area contributed by atoms with Crippen molar-refractivity contribution in [1.82, 2.24) is 19.7 Å². The monoisotopic (exact) mass is 451 g/mol. The van der Waals surface area contributed by atoms with E-state index in [0.717, 1.165) is 28.2 Å². The van der Waals surface area contributed by atoms with Crippen LogP contribution < -0.4 is 10.6 Å². The van der Waals surface area contributed by atoms with E-state index >= 15 is 0 Å². The fourth-order valence-electron chi connectivity index (χ4n) is 4.00. The zero-order valence-electron chi connectivity index (χ0n) is 19.3. The molecule has 0 bridgehead atoms. The Morgan fingerprint density at radius 1 is 1.09 bits per heavy atom. The Hall–Kier alpha value is -3.99. The van der Waals surface area contributed by atoms with Gasteiger partial charge in [-0.3, -0.25) is 9.20 Å². The van der Waals surface area contributed by atoms with Gasteiger partial charge in [0.15, 0.2) is 0 Å². The van der Waals surface area contributed by atoms with Crippen LogP contribution in [0.25, 0.3) is 16.9 Å². The molecule has 0 fully saturated rings. The number of nitrogens with one attached hydrogen (secondary N) is 2. The van der Waals surface area contributed by atoms with Crippen LogP contribution in [-0.4, -0.2) is 33.4 Å². The quantitative estimate of drug-likeness (QED) is 0.463. The lowest BCUT2D eigenvalue weighted by Crippen LogP contribution is -2.35. The first-order chi connectivity index (χ1) is 16.5. The number of aryl methyl sites for hydroxylation is 1. The highest BCUT2D eigenvalue weighted by Gasteiger charge is 2.17. The molecule has 1 aromatic carbocycles. The predicted octanol–water partition coefficient (Wildman–Crippen LogP) is 3.68. The molecule has 7 heteroatoms. The Balaban J connectivity index is 1.60. The van der Waals surface area contributed by atoms with Crippen LogP contribution in [0.4, 0.5) is 5.82 Å². The first-order valence-electron chi connectivity index (χ1n) is 11.2. The summed E-state index contributed by atoms with van der Waals surface area (Å²) >= 11 is 0. The molecule has 0 spiro atoms. The number of fused-ring (bicyclic) bond motifs is 2. The number of hydrogen-bond donors (Lipinski definition) is 2. The molecule has 34 heavy (non-hydrogen) atoms. The summed E-state index contributed by atoms with van der Waals surface area (Å²) in [5.41, 5.74) is 7.35. The summed E-state index contributed by atoms with van der Waals surface area (Å²) in [5, 5.41) is 5.81. The molecule has 0 aliphatic carbocycles. The minimum atomic E-state index is -0.342. The van der Waals surface area contributed by atoms with Gasteiger partial charge >= 0.3 is 0 Å². The normalized spacial score (nSPS) is 13.3. The lowest BCUT2D eigenvalue weighted by molar-refractivity contribution is -0.117. The van der Waals surface area contributed by atoms with E-state index in [1.165, 1.54) is 11.1 Å². The molecule has 1 amide bonds. The first kappa shape index (κ1) is 21.8. The summed E-state index contributed by atoms with van der Waals surface area (Å²) in [6, 6.07) is 15.4. The number of benzene rings is 1. The number of likely N-dealkylation sites (N-methyl/N-ethyl adjacent to an activating group) is 1. The molecule has 1 aliphatic rings. The Labute approximate surface area is 198 Å². The largest absolute Gasteiger partial charge is 0.372 e. The highest BCUT2D eigenvalue weighted by Crippen LogP contribution is 2.28. The van der Waals surface area contributed by atoms with Gasteiger partial charge in [-0.2, -0.15) is 0 Å². The highest BCUT2D eigenvalue weighted by atomic mass is 16.5. The van der Waals surface area contributed by atoms with E-state index in [4.69, 9.17) is 9.72 Å². The van der Waals surface area contributed by atoms with Crippen molar-refractivity contribution in [3.05, 3.63) is 82.8 Å². The number of carbonyl (C=O) groups excluding carboxylic acids is 1. The van der Waals surface area contributed by atoms with E-state index in [9.17, 15) is 4.79 Å². The Morgan fingerprint density at radius 2 is 1.94 bits per heavy atom. The van der Waals surface area contributed by atoms with Crippen LogP contribution in [-0.2, 0) is 22.7 Å². The number of pyridine rings is 2. The van der Waals surface area contributed by atoms with Crippen LogP contribution in [0.3, 0.4) is 0 Å². The number of rotatable bonds is 4. The standard InChI is InChI=1S/C27H25N5O2/c1-17-26(32-13-5-4-6-25(32)29-17)22-10-12-24(31-27(33)18(2)28-3)30-23(22)11-8-19-7-9-20-15-34-16-21(20)14-19/h4-7,9-10,12-14,18,28H,15-16H2,1-3H3,(H,30,31,33). The van der Waals surface area contributed by atoms with Crippen molar-refractivity contribution in [2.45, 2.75) is 33.1 Å². The number of hydrogen-bond acceptors (Lipinski definition) is 5. The summed E-state index contributed by atoms with van der Waals surface area (Å²) in [7, 11) is 1.74. The molecule has 0 saturated heterocycles. The van der Waals surface area contributed by atoms with Crippen molar-refractivity contribution in [2.24, 2.45) is 0 Å². The molecule has 0 saturated carbocycles. The number of aromatic nitrogens is 3. The van der Waals surface area contributed by atoms with Crippen molar-refractivity contribution in [3.8, 4) is 23.1 Å². The molecule has 2 N–H and O–H groups in total.